The first-order valence-corrected chi connectivity index (χ1v) is 8.00. The van der Waals surface area contributed by atoms with Crippen molar-refractivity contribution >= 4 is 10.9 Å². The van der Waals surface area contributed by atoms with Gasteiger partial charge in [-0.15, -0.1) is 0 Å². The van der Waals surface area contributed by atoms with Gasteiger partial charge in [0.2, 0.25) is 0 Å². The fourth-order valence-electron chi connectivity index (χ4n) is 3.30. The molecule has 2 atom stereocenters. The second-order valence-corrected chi connectivity index (χ2v) is 5.91. The highest BCUT2D eigenvalue weighted by Crippen LogP contribution is 2.23. The number of pyridine rings is 1. The van der Waals surface area contributed by atoms with E-state index in [1.807, 2.05) is 6.20 Å². The highest BCUT2D eigenvalue weighted by Gasteiger charge is 2.21. The molecule has 112 valence electrons. The second kappa shape index (κ2) is 7.01. The number of rotatable bonds is 6. The van der Waals surface area contributed by atoms with Crippen LogP contribution in [0.15, 0.2) is 36.5 Å². The number of hydrogen-bond donors (Lipinski definition) is 1. The number of ether oxygens (including phenoxy) is 1. The molecule has 0 bridgehead atoms. The number of fused-ring (bicyclic) bond motifs is 1. The lowest BCUT2D eigenvalue weighted by atomic mass is 9.93. The van der Waals surface area contributed by atoms with Crippen LogP contribution in [0.1, 0.15) is 25.3 Å². The maximum Gasteiger partial charge on any atom is 0.0704 e. The van der Waals surface area contributed by atoms with E-state index in [-0.39, 0.29) is 0 Å². The topological polar surface area (TPSA) is 34.2 Å². The van der Waals surface area contributed by atoms with Crippen molar-refractivity contribution < 1.29 is 4.74 Å². The minimum absolute atomic E-state index is 0.521. The van der Waals surface area contributed by atoms with Crippen molar-refractivity contribution in [2.75, 3.05) is 19.8 Å². The smallest absolute Gasteiger partial charge is 0.0704 e. The molecule has 0 saturated carbocycles. The third-order valence-corrected chi connectivity index (χ3v) is 4.34. The lowest BCUT2D eigenvalue weighted by Crippen LogP contribution is -2.33. The SMILES string of the molecule is CCNC(Cc1ccnc2ccccc12)CC1CCOC1. The molecule has 21 heavy (non-hydrogen) atoms. The van der Waals surface area contributed by atoms with Crippen LogP contribution in [0.3, 0.4) is 0 Å². The van der Waals surface area contributed by atoms with Gasteiger partial charge in [0.25, 0.3) is 0 Å². The van der Waals surface area contributed by atoms with Crippen molar-refractivity contribution in [1.82, 2.24) is 10.3 Å². The van der Waals surface area contributed by atoms with E-state index in [1.54, 1.807) is 0 Å². The summed E-state index contributed by atoms with van der Waals surface area (Å²) in [4.78, 5) is 4.46. The van der Waals surface area contributed by atoms with Gasteiger partial charge in [-0.05, 0) is 49.4 Å². The first-order chi connectivity index (χ1) is 10.4. The zero-order valence-electron chi connectivity index (χ0n) is 12.7. The summed E-state index contributed by atoms with van der Waals surface area (Å²) < 4.78 is 5.52. The predicted octanol–water partition coefficient (Wildman–Crippen LogP) is 3.18. The van der Waals surface area contributed by atoms with Gasteiger partial charge in [0.1, 0.15) is 0 Å². The monoisotopic (exact) mass is 284 g/mol. The molecule has 1 aromatic heterocycles. The van der Waals surface area contributed by atoms with Crippen LogP contribution in [0, 0.1) is 5.92 Å². The Morgan fingerprint density at radius 2 is 2.24 bits per heavy atom. The van der Waals surface area contributed by atoms with Crippen molar-refractivity contribution in [1.29, 1.82) is 0 Å². The van der Waals surface area contributed by atoms with Gasteiger partial charge in [0.05, 0.1) is 5.52 Å². The highest BCUT2D eigenvalue weighted by molar-refractivity contribution is 5.81. The van der Waals surface area contributed by atoms with Crippen LogP contribution >= 0.6 is 0 Å². The number of aromatic nitrogens is 1. The molecule has 1 saturated heterocycles. The Hall–Kier alpha value is -1.45. The molecule has 0 aliphatic carbocycles. The zero-order valence-corrected chi connectivity index (χ0v) is 12.7. The van der Waals surface area contributed by atoms with Gasteiger partial charge < -0.3 is 10.1 Å². The minimum Gasteiger partial charge on any atom is -0.381 e. The summed E-state index contributed by atoms with van der Waals surface area (Å²) in [6, 6.07) is 11.1. The molecule has 2 aromatic rings. The Balaban J connectivity index is 1.76. The lowest BCUT2D eigenvalue weighted by Gasteiger charge is -2.21. The molecule has 2 unspecified atom stereocenters. The van der Waals surface area contributed by atoms with Crippen LogP contribution in [0.2, 0.25) is 0 Å². The highest BCUT2D eigenvalue weighted by atomic mass is 16.5. The van der Waals surface area contributed by atoms with Crippen molar-refractivity contribution in [3.63, 3.8) is 0 Å². The van der Waals surface area contributed by atoms with Crippen LogP contribution in [0.5, 0.6) is 0 Å². The summed E-state index contributed by atoms with van der Waals surface area (Å²) in [5.74, 6) is 0.710. The largest absolute Gasteiger partial charge is 0.381 e. The standard InChI is InChI=1S/C18H24N2O/c1-2-19-16(11-14-8-10-21-13-14)12-15-7-9-20-18-6-4-3-5-17(15)18/h3-7,9,14,16,19H,2,8,10-13H2,1H3. The normalized spacial score (nSPS) is 20.0. The molecule has 0 radical (unpaired) electrons. The Morgan fingerprint density at radius 1 is 1.33 bits per heavy atom. The average Bonchev–Trinajstić information content (AvgIpc) is 3.01. The predicted molar refractivity (Wildman–Crippen MR) is 86.5 cm³/mol. The molecule has 1 aliphatic rings. The van der Waals surface area contributed by atoms with Crippen molar-refractivity contribution in [3.8, 4) is 0 Å². The summed E-state index contributed by atoms with van der Waals surface area (Å²) in [7, 11) is 0. The van der Waals surface area contributed by atoms with E-state index in [9.17, 15) is 0 Å². The summed E-state index contributed by atoms with van der Waals surface area (Å²) >= 11 is 0. The summed E-state index contributed by atoms with van der Waals surface area (Å²) in [5, 5.41) is 4.93. The Morgan fingerprint density at radius 3 is 3.05 bits per heavy atom. The number of likely N-dealkylation sites (N-methyl/N-ethyl adjacent to an activating group) is 1. The van der Waals surface area contributed by atoms with Crippen LogP contribution in [-0.4, -0.2) is 30.8 Å². The van der Waals surface area contributed by atoms with E-state index >= 15 is 0 Å². The van der Waals surface area contributed by atoms with Gasteiger partial charge in [-0.1, -0.05) is 25.1 Å². The van der Waals surface area contributed by atoms with E-state index < -0.39 is 0 Å². The molecule has 3 rings (SSSR count). The Labute approximate surface area is 126 Å². The lowest BCUT2D eigenvalue weighted by molar-refractivity contribution is 0.181. The third kappa shape index (κ3) is 3.60. The van der Waals surface area contributed by atoms with Gasteiger partial charge in [0.15, 0.2) is 0 Å². The molecule has 1 N–H and O–H groups in total. The van der Waals surface area contributed by atoms with Gasteiger partial charge in [-0.25, -0.2) is 0 Å². The quantitative estimate of drug-likeness (QED) is 0.884. The number of hydrogen-bond acceptors (Lipinski definition) is 3. The molecular weight excluding hydrogens is 260 g/mol. The molecule has 1 aliphatic heterocycles. The van der Waals surface area contributed by atoms with E-state index in [0.717, 1.165) is 31.7 Å². The minimum atomic E-state index is 0.521. The molecular formula is C18H24N2O. The van der Waals surface area contributed by atoms with Crippen molar-refractivity contribution in [2.45, 2.75) is 32.2 Å². The van der Waals surface area contributed by atoms with Gasteiger partial charge in [-0.3, -0.25) is 4.98 Å². The summed E-state index contributed by atoms with van der Waals surface area (Å²) in [6.07, 6.45) is 5.40. The Bertz CT molecular complexity index is 573. The third-order valence-electron chi connectivity index (χ3n) is 4.34. The maximum absolute atomic E-state index is 5.52. The molecule has 3 nitrogen and oxygen atoms in total. The fraction of sp³-hybridized carbons (Fsp3) is 0.500. The second-order valence-electron chi connectivity index (χ2n) is 5.91. The van der Waals surface area contributed by atoms with Crippen LogP contribution in [-0.2, 0) is 11.2 Å². The Kier molecular flexibility index (Phi) is 4.84. The van der Waals surface area contributed by atoms with Gasteiger partial charge >= 0.3 is 0 Å². The van der Waals surface area contributed by atoms with Crippen LogP contribution in [0.25, 0.3) is 10.9 Å². The van der Waals surface area contributed by atoms with Gasteiger partial charge in [0, 0.05) is 30.8 Å². The van der Waals surface area contributed by atoms with E-state index in [1.165, 1.54) is 23.8 Å². The number of benzene rings is 1. The van der Waals surface area contributed by atoms with E-state index in [2.05, 4.69) is 47.6 Å². The van der Waals surface area contributed by atoms with Crippen molar-refractivity contribution in [2.24, 2.45) is 5.92 Å². The fourth-order valence-corrected chi connectivity index (χ4v) is 3.30. The summed E-state index contributed by atoms with van der Waals surface area (Å²) in [6.45, 7) is 5.06. The molecule has 0 amide bonds. The molecule has 1 fully saturated rings. The van der Waals surface area contributed by atoms with E-state index in [4.69, 9.17) is 4.74 Å². The number of nitrogens with one attached hydrogen (secondary N) is 1. The summed E-state index contributed by atoms with van der Waals surface area (Å²) in [5.41, 5.74) is 2.49. The first-order valence-electron chi connectivity index (χ1n) is 8.00. The van der Waals surface area contributed by atoms with E-state index in [0.29, 0.717) is 12.0 Å². The average molecular weight is 284 g/mol. The molecule has 0 spiro atoms. The maximum atomic E-state index is 5.52. The van der Waals surface area contributed by atoms with Crippen LogP contribution in [0.4, 0.5) is 0 Å². The number of para-hydroxylation sites is 1. The van der Waals surface area contributed by atoms with Gasteiger partial charge in [-0.2, -0.15) is 0 Å². The number of nitrogens with zero attached hydrogens (tertiary/aromatic N) is 1. The molecule has 3 heteroatoms. The van der Waals surface area contributed by atoms with Crippen molar-refractivity contribution in [3.05, 3.63) is 42.1 Å². The van der Waals surface area contributed by atoms with Crippen LogP contribution < -0.4 is 5.32 Å². The first kappa shape index (κ1) is 14.5. The zero-order chi connectivity index (χ0) is 14.5. The molecule has 1 aromatic carbocycles. The molecule has 2 heterocycles.